The molecule has 0 spiro atoms. The zero-order valence-corrected chi connectivity index (χ0v) is 11.6. The van der Waals surface area contributed by atoms with Crippen LogP contribution in [0.3, 0.4) is 0 Å². The summed E-state index contributed by atoms with van der Waals surface area (Å²) in [5.41, 5.74) is 4.44. The number of aromatic nitrogens is 2. The maximum Gasteiger partial charge on any atom is 0.0736 e. The summed E-state index contributed by atoms with van der Waals surface area (Å²) in [6, 6.07) is 8.25. The Morgan fingerprint density at radius 3 is 1.58 bits per heavy atom. The molecule has 0 atom stereocenters. The van der Waals surface area contributed by atoms with E-state index in [4.69, 9.17) is 4.74 Å². The molecular formula is C16H20N2O. The number of aryl methyl sites for hydroxylation is 2. The minimum Gasteiger partial charge on any atom is -0.372 e. The molecule has 19 heavy (non-hydrogen) atoms. The van der Waals surface area contributed by atoms with Crippen molar-refractivity contribution in [2.45, 2.75) is 39.9 Å². The number of nitrogens with zero attached hydrogens (tertiary/aromatic N) is 2. The first-order valence-corrected chi connectivity index (χ1v) is 6.77. The summed E-state index contributed by atoms with van der Waals surface area (Å²) < 4.78 is 5.67. The molecule has 0 saturated carbocycles. The van der Waals surface area contributed by atoms with Gasteiger partial charge in [-0.3, -0.25) is 9.97 Å². The van der Waals surface area contributed by atoms with Crippen LogP contribution >= 0.6 is 0 Å². The van der Waals surface area contributed by atoms with E-state index in [1.54, 1.807) is 0 Å². The van der Waals surface area contributed by atoms with E-state index in [-0.39, 0.29) is 0 Å². The molecule has 2 rings (SSSR count). The second-order valence-electron chi connectivity index (χ2n) is 4.52. The van der Waals surface area contributed by atoms with Crippen molar-refractivity contribution >= 4 is 0 Å². The van der Waals surface area contributed by atoms with Crippen LogP contribution in [-0.2, 0) is 30.8 Å². The fraction of sp³-hybridized carbons (Fsp3) is 0.375. The second kappa shape index (κ2) is 7.00. The molecule has 3 nitrogen and oxygen atoms in total. The normalized spacial score (nSPS) is 10.6. The zero-order chi connectivity index (χ0) is 13.5. The largest absolute Gasteiger partial charge is 0.372 e. The highest BCUT2D eigenvalue weighted by Gasteiger charge is 1.98. The Labute approximate surface area is 114 Å². The van der Waals surface area contributed by atoms with E-state index in [0.29, 0.717) is 13.2 Å². The van der Waals surface area contributed by atoms with Crippen molar-refractivity contribution in [1.82, 2.24) is 9.97 Å². The molecule has 0 bridgehead atoms. The Kier molecular flexibility index (Phi) is 5.04. The smallest absolute Gasteiger partial charge is 0.0736 e. The highest BCUT2D eigenvalue weighted by Crippen LogP contribution is 2.07. The summed E-state index contributed by atoms with van der Waals surface area (Å²) in [6.07, 6.45) is 5.71. The van der Waals surface area contributed by atoms with Crippen LogP contribution in [0, 0.1) is 0 Å². The first-order valence-electron chi connectivity index (χ1n) is 6.77. The molecule has 0 aromatic carbocycles. The topological polar surface area (TPSA) is 35.0 Å². The Morgan fingerprint density at radius 1 is 0.789 bits per heavy atom. The minimum atomic E-state index is 0.590. The molecule has 3 heteroatoms. The van der Waals surface area contributed by atoms with Crippen LogP contribution in [0.4, 0.5) is 0 Å². The van der Waals surface area contributed by atoms with E-state index in [1.165, 1.54) is 0 Å². The van der Waals surface area contributed by atoms with Gasteiger partial charge in [0.25, 0.3) is 0 Å². The lowest BCUT2D eigenvalue weighted by Gasteiger charge is -2.05. The quantitative estimate of drug-likeness (QED) is 0.795. The summed E-state index contributed by atoms with van der Waals surface area (Å²) in [7, 11) is 0. The summed E-state index contributed by atoms with van der Waals surface area (Å²) in [4.78, 5) is 8.71. The van der Waals surface area contributed by atoms with E-state index in [1.807, 2.05) is 12.4 Å². The Bertz CT molecular complexity index is 444. The van der Waals surface area contributed by atoms with Gasteiger partial charge in [-0.2, -0.15) is 0 Å². The average molecular weight is 256 g/mol. The Morgan fingerprint density at radius 2 is 1.26 bits per heavy atom. The van der Waals surface area contributed by atoms with Crippen molar-refractivity contribution in [3.63, 3.8) is 0 Å². The fourth-order valence-electron chi connectivity index (χ4n) is 1.79. The Hall–Kier alpha value is -1.74. The Balaban J connectivity index is 1.81. The fourth-order valence-corrected chi connectivity index (χ4v) is 1.79. The van der Waals surface area contributed by atoms with Gasteiger partial charge in [-0.15, -0.1) is 0 Å². The van der Waals surface area contributed by atoms with Gasteiger partial charge in [0.1, 0.15) is 0 Å². The summed E-state index contributed by atoms with van der Waals surface area (Å²) in [5, 5.41) is 0. The predicted octanol–water partition coefficient (Wildman–Crippen LogP) is 3.32. The maximum absolute atomic E-state index is 5.67. The van der Waals surface area contributed by atoms with E-state index in [0.717, 1.165) is 35.4 Å². The molecule has 0 aliphatic rings. The van der Waals surface area contributed by atoms with Crippen molar-refractivity contribution in [3.05, 3.63) is 59.2 Å². The maximum atomic E-state index is 5.67. The molecule has 2 heterocycles. The van der Waals surface area contributed by atoms with Gasteiger partial charge >= 0.3 is 0 Å². The summed E-state index contributed by atoms with van der Waals surface area (Å²) in [5.74, 6) is 0. The highest BCUT2D eigenvalue weighted by molar-refractivity contribution is 5.14. The molecular weight excluding hydrogens is 236 g/mol. The van der Waals surface area contributed by atoms with Gasteiger partial charge in [0.05, 0.1) is 13.2 Å². The highest BCUT2D eigenvalue weighted by atomic mass is 16.5. The van der Waals surface area contributed by atoms with Gasteiger partial charge in [0.15, 0.2) is 0 Å². The van der Waals surface area contributed by atoms with Crippen LogP contribution in [0.1, 0.15) is 36.4 Å². The van der Waals surface area contributed by atoms with Crippen molar-refractivity contribution in [2.75, 3.05) is 0 Å². The van der Waals surface area contributed by atoms with Crippen LogP contribution in [0.5, 0.6) is 0 Å². The zero-order valence-electron chi connectivity index (χ0n) is 11.6. The molecule has 0 saturated heterocycles. The van der Waals surface area contributed by atoms with Crippen LogP contribution in [0.15, 0.2) is 36.7 Å². The molecule has 0 radical (unpaired) electrons. The number of hydrogen-bond donors (Lipinski definition) is 0. The predicted molar refractivity (Wildman–Crippen MR) is 75.7 cm³/mol. The molecule has 0 fully saturated rings. The molecule has 0 unspecified atom stereocenters. The lowest BCUT2D eigenvalue weighted by atomic mass is 10.2. The van der Waals surface area contributed by atoms with Gasteiger partial charge in [-0.1, -0.05) is 26.0 Å². The summed E-state index contributed by atoms with van der Waals surface area (Å²) >= 11 is 0. The third-order valence-electron chi connectivity index (χ3n) is 3.03. The average Bonchev–Trinajstić information content (AvgIpc) is 2.49. The minimum absolute atomic E-state index is 0.590. The van der Waals surface area contributed by atoms with Crippen LogP contribution < -0.4 is 0 Å². The third-order valence-corrected chi connectivity index (χ3v) is 3.03. The van der Waals surface area contributed by atoms with E-state index in [9.17, 15) is 0 Å². The molecule has 2 aromatic rings. The first-order chi connectivity index (χ1) is 9.31. The van der Waals surface area contributed by atoms with Gasteiger partial charge in [-0.25, -0.2) is 0 Å². The van der Waals surface area contributed by atoms with Crippen molar-refractivity contribution in [3.8, 4) is 0 Å². The number of ether oxygens (including phenoxy) is 1. The van der Waals surface area contributed by atoms with E-state index in [2.05, 4.69) is 48.1 Å². The second-order valence-corrected chi connectivity index (χ2v) is 4.52. The van der Waals surface area contributed by atoms with Crippen molar-refractivity contribution < 1.29 is 4.74 Å². The van der Waals surface area contributed by atoms with Gasteiger partial charge < -0.3 is 4.74 Å². The molecule has 100 valence electrons. The van der Waals surface area contributed by atoms with Gasteiger partial charge in [0.2, 0.25) is 0 Å². The van der Waals surface area contributed by atoms with Crippen molar-refractivity contribution in [1.29, 1.82) is 0 Å². The molecule has 0 aliphatic heterocycles. The van der Waals surface area contributed by atoms with Gasteiger partial charge in [0, 0.05) is 23.8 Å². The number of rotatable bonds is 6. The van der Waals surface area contributed by atoms with Crippen molar-refractivity contribution in [2.24, 2.45) is 0 Å². The summed E-state index contributed by atoms with van der Waals surface area (Å²) in [6.45, 7) is 5.38. The van der Waals surface area contributed by atoms with Crippen LogP contribution in [0.2, 0.25) is 0 Å². The third kappa shape index (κ3) is 4.14. The standard InChI is InChI=1S/C16H20N2O/c1-3-15-7-5-13(9-17-15)11-19-12-14-6-8-16(4-2)18-10-14/h5-10H,3-4,11-12H2,1-2H3. The van der Waals surface area contributed by atoms with Crippen LogP contribution in [0.25, 0.3) is 0 Å². The van der Waals surface area contributed by atoms with Crippen LogP contribution in [-0.4, -0.2) is 9.97 Å². The molecule has 2 aromatic heterocycles. The van der Waals surface area contributed by atoms with Gasteiger partial charge in [-0.05, 0) is 36.1 Å². The number of pyridine rings is 2. The molecule has 0 amide bonds. The lowest BCUT2D eigenvalue weighted by molar-refractivity contribution is 0.106. The molecule has 0 N–H and O–H groups in total. The lowest BCUT2D eigenvalue weighted by Crippen LogP contribution is -1.97. The van der Waals surface area contributed by atoms with E-state index < -0.39 is 0 Å². The van der Waals surface area contributed by atoms with E-state index >= 15 is 0 Å². The number of hydrogen-bond acceptors (Lipinski definition) is 3. The monoisotopic (exact) mass is 256 g/mol. The first kappa shape index (κ1) is 13.7. The molecule has 0 aliphatic carbocycles. The SMILES string of the molecule is CCc1ccc(COCc2ccc(CC)nc2)cn1.